The maximum absolute atomic E-state index is 12.9. The lowest BCUT2D eigenvalue weighted by Gasteiger charge is -2.20. The second-order valence-electron chi connectivity index (χ2n) is 5.69. The first-order valence-electron chi connectivity index (χ1n) is 7.42. The third-order valence-corrected chi connectivity index (χ3v) is 5.01. The zero-order valence-electron chi connectivity index (χ0n) is 13.1. The molecule has 2 N–H and O–H groups in total. The number of carbonyl (C=O) groups excluding carboxylic acids is 1. The molecule has 134 valence electrons. The molecule has 1 unspecified atom stereocenters. The van der Waals surface area contributed by atoms with Crippen LogP contribution in [0.25, 0.3) is 0 Å². The smallest absolute Gasteiger partial charge is 0.394 e. The number of amides is 2. The van der Waals surface area contributed by atoms with Crippen LogP contribution in [0, 0.1) is 11.8 Å². The number of urea groups is 1. The van der Waals surface area contributed by atoms with Crippen LogP contribution in [0.15, 0.2) is 5.38 Å². The maximum atomic E-state index is 12.9. The van der Waals surface area contributed by atoms with Crippen LogP contribution in [0.4, 0.5) is 18.0 Å². The van der Waals surface area contributed by atoms with E-state index in [0.717, 1.165) is 16.3 Å². The molecular formula is C14H18F3N3O3S. The van der Waals surface area contributed by atoms with Crippen LogP contribution < -0.4 is 5.32 Å². The molecule has 6 nitrogen and oxygen atoms in total. The van der Waals surface area contributed by atoms with E-state index in [0.29, 0.717) is 5.69 Å². The van der Waals surface area contributed by atoms with Crippen molar-refractivity contribution in [1.29, 1.82) is 0 Å². The number of nitrogens with one attached hydrogen (secondary N) is 1. The van der Waals surface area contributed by atoms with E-state index in [2.05, 4.69) is 10.3 Å². The van der Waals surface area contributed by atoms with Crippen molar-refractivity contribution in [1.82, 2.24) is 15.2 Å². The summed E-state index contributed by atoms with van der Waals surface area (Å²) in [6.45, 7) is 2.50. The Morgan fingerprint density at radius 2 is 2.17 bits per heavy atom. The van der Waals surface area contributed by atoms with Crippen LogP contribution in [0.5, 0.6) is 0 Å². The molecule has 1 aromatic heterocycles. The number of rotatable bonds is 4. The van der Waals surface area contributed by atoms with Gasteiger partial charge in [0.1, 0.15) is 0 Å². The molecule has 3 atom stereocenters. The number of likely N-dealkylation sites (tertiary alicyclic amines) is 1. The quantitative estimate of drug-likeness (QED) is 0.859. The molecule has 0 saturated carbocycles. The first kappa shape index (κ1) is 18.5. The molecule has 10 heteroatoms. The normalized spacial score (nSPS) is 22.5. The molecule has 2 amide bonds. The van der Waals surface area contributed by atoms with Gasteiger partial charge in [0.2, 0.25) is 0 Å². The van der Waals surface area contributed by atoms with Crippen LogP contribution in [0.2, 0.25) is 0 Å². The Morgan fingerprint density at radius 3 is 2.62 bits per heavy atom. The summed E-state index contributed by atoms with van der Waals surface area (Å²) in [5.41, 5.74) is 0.631. The molecule has 1 aliphatic heterocycles. The van der Waals surface area contributed by atoms with Gasteiger partial charge in [-0.1, -0.05) is 6.92 Å². The van der Waals surface area contributed by atoms with Gasteiger partial charge in [-0.25, -0.2) is 9.78 Å². The minimum Gasteiger partial charge on any atom is -0.481 e. The largest absolute Gasteiger partial charge is 0.481 e. The Bertz CT molecular complexity index is 620. The van der Waals surface area contributed by atoms with E-state index in [-0.39, 0.29) is 0 Å². The second-order valence-corrected chi connectivity index (χ2v) is 6.63. The molecule has 1 fully saturated rings. The van der Waals surface area contributed by atoms with E-state index in [1.165, 1.54) is 11.3 Å². The van der Waals surface area contributed by atoms with E-state index >= 15 is 0 Å². The number of carbonyl (C=O) groups is 2. The fraction of sp³-hybridized carbons (Fsp3) is 0.643. The van der Waals surface area contributed by atoms with Crippen LogP contribution in [-0.4, -0.2) is 46.3 Å². The summed E-state index contributed by atoms with van der Waals surface area (Å²) in [4.78, 5) is 28.4. The molecule has 0 radical (unpaired) electrons. The van der Waals surface area contributed by atoms with Crippen molar-refractivity contribution in [3.63, 3.8) is 0 Å². The highest BCUT2D eigenvalue weighted by atomic mass is 32.1. The standard InChI is InChI=1S/C14H18F3N3O3S/c1-3-11-19-10(6-24-11)7(2)18-13(23)20-4-8(12(21)22)9(5-20)14(15,16)17/h6-9H,3-5H2,1-2H3,(H,18,23)(H,21,22)/t7?,8-,9-/m1/s1. The highest BCUT2D eigenvalue weighted by molar-refractivity contribution is 7.09. The summed E-state index contributed by atoms with van der Waals surface area (Å²) in [6, 6.07) is -1.19. The van der Waals surface area contributed by atoms with Gasteiger partial charge in [-0.15, -0.1) is 11.3 Å². The number of thiazole rings is 1. The third kappa shape index (κ3) is 3.97. The predicted octanol–water partition coefficient (Wildman–Crippen LogP) is 2.67. The Labute approximate surface area is 140 Å². The van der Waals surface area contributed by atoms with Gasteiger partial charge in [0.15, 0.2) is 0 Å². The maximum Gasteiger partial charge on any atom is 0.394 e. The fourth-order valence-electron chi connectivity index (χ4n) is 2.59. The average Bonchev–Trinajstić information content (AvgIpc) is 3.13. The fourth-order valence-corrected chi connectivity index (χ4v) is 3.43. The molecule has 24 heavy (non-hydrogen) atoms. The van der Waals surface area contributed by atoms with E-state index in [1.54, 1.807) is 12.3 Å². The monoisotopic (exact) mass is 365 g/mol. The van der Waals surface area contributed by atoms with Crippen molar-refractivity contribution < 1.29 is 27.9 Å². The summed E-state index contributed by atoms with van der Waals surface area (Å²) in [5.74, 6) is -5.24. The van der Waals surface area contributed by atoms with Gasteiger partial charge in [-0.3, -0.25) is 4.79 Å². The average molecular weight is 365 g/mol. The van der Waals surface area contributed by atoms with E-state index in [1.807, 2.05) is 6.92 Å². The molecule has 2 rings (SSSR count). The Morgan fingerprint density at radius 1 is 1.50 bits per heavy atom. The van der Waals surface area contributed by atoms with Gasteiger partial charge in [0, 0.05) is 18.5 Å². The number of aromatic nitrogens is 1. The van der Waals surface area contributed by atoms with Gasteiger partial charge >= 0.3 is 18.2 Å². The van der Waals surface area contributed by atoms with Crippen LogP contribution in [-0.2, 0) is 11.2 Å². The molecule has 1 saturated heterocycles. The van der Waals surface area contributed by atoms with Gasteiger partial charge < -0.3 is 15.3 Å². The van der Waals surface area contributed by atoms with E-state index in [4.69, 9.17) is 5.11 Å². The lowest BCUT2D eigenvalue weighted by Crippen LogP contribution is -2.40. The van der Waals surface area contributed by atoms with Crippen molar-refractivity contribution in [3.8, 4) is 0 Å². The lowest BCUT2D eigenvalue weighted by molar-refractivity contribution is -0.187. The van der Waals surface area contributed by atoms with Crippen molar-refractivity contribution >= 4 is 23.3 Å². The van der Waals surface area contributed by atoms with Gasteiger partial charge in [0.05, 0.1) is 28.6 Å². The van der Waals surface area contributed by atoms with Crippen LogP contribution in [0.3, 0.4) is 0 Å². The number of hydrogen-bond acceptors (Lipinski definition) is 4. The van der Waals surface area contributed by atoms with Crippen LogP contribution in [0.1, 0.15) is 30.6 Å². The SMILES string of the molecule is CCc1nc(C(C)NC(=O)N2C[C@@H](C(F)(F)F)[C@H](C(=O)O)C2)cs1. The van der Waals surface area contributed by atoms with Crippen LogP contribution >= 0.6 is 11.3 Å². The minimum atomic E-state index is -4.66. The Balaban J connectivity index is 2.03. The predicted molar refractivity (Wildman–Crippen MR) is 80.7 cm³/mol. The van der Waals surface area contributed by atoms with Crippen molar-refractivity contribution in [2.24, 2.45) is 11.8 Å². The summed E-state index contributed by atoms with van der Waals surface area (Å²) in [5, 5.41) is 14.2. The number of hydrogen-bond donors (Lipinski definition) is 2. The first-order chi connectivity index (χ1) is 11.1. The molecule has 0 aromatic carbocycles. The van der Waals surface area contributed by atoms with E-state index in [9.17, 15) is 22.8 Å². The Kier molecular flexibility index (Phi) is 5.36. The zero-order chi connectivity index (χ0) is 18.1. The van der Waals surface area contributed by atoms with Gasteiger partial charge in [-0.05, 0) is 13.3 Å². The number of aliphatic carboxylic acids is 1. The zero-order valence-corrected chi connectivity index (χ0v) is 13.9. The molecule has 1 aromatic rings. The summed E-state index contributed by atoms with van der Waals surface area (Å²) in [7, 11) is 0. The molecule has 0 bridgehead atoms. The lowest BCUT2D eigenvalue weighted by atomic mass is 9.96. The minimum absolute atomic E-state index is 0.463. The molecule has 2 heterocycles. The number of nitrogens with zero attached hydrogens (tertiary/aromatic N) is 2. The second kappa shape index (κ2) is 6.96. The molecule has 0 aliphatic carbocycles. The highest BCUT2D eigenvalue weighted by Gasteiger charge is 2.53. The van der Waals surface area contributed by atoms with Crippen molar-refractivity contribution in [2.75, 3.05) is 13.1 Å². The summed E-state index contributed by atoms with van der Waals surface area (Å²) in [6.07, 6.45) is -3.90. The van der Waals surface area contributed by atoms with E-state index < -0.39 is 49.1 Å². The summed E-state index contributed by atoms with van der Waals surface area (Å²) < 4.78 is 38.8. The van der Waals surface area contributed by atoms with Crippen molar-refractivity contribution in [3.05, 3.63) is 16.1 Å². The van der Waals surface area contributed by atoms with Gasteiger partial charge in [-0.2, -0.15) is 13.2 Å². The van der Waals surface area contributed by atoms with Gasteiger partial charge in [0.25, 0.3) is 0 Å². The highest BCUT2D eigenvalue weighted by Crippen LogP contribution is 2.37. The number of carboxylic acids is 1. The first-order valence-corrected chi connectivity index (χ1v) is 8.30. The molecule has 0 spiro atoms. The molecular weight excluding hydrogens is 347 g/mol. The number of carboxylic acid groups (broad SMARTS) is 1. The Hall–Kier alpha value is -1.84. The number of aryl methyl sites for hydroxylation is 1. The van der Waals surface area contributed by atoms with Crippen molar-refractivity contribution in [2.45, 2.75) is 32.5 Å². The number of halogens is 3. The third-order valence-electron chi connectivity index (χ3n) is 4.00. The summed E-state index contributed by atoms with van der Waals surface area (Å²) >= 11 is 1.44. The number of alkyl halides is 3. The topological polar surface area (TPSA) is 82.5 Å². The molecule has 1 aliphatic rings.